The van der Waals surface area contributed by atoms with Crippen LogP contribution >= 0.6 is 0 Å². The highest BCUT2D eigenvalue weighted by Crippen LogP contribution is 2.18. The van der Waals surface area contributed by atoms with Gasteiger partial charge in [0.05, 0.1) is 7.11 Å². The lowest BCUT2D eigenvalue weighted by Gasteiger charge is -2.15. The number of ether oxygens (including phenoxy) is 2. The minimum absolute atomic E-state index is 0.447. The molecule has 1 aromatic carbocycles. The Morgan fingerprint density at radius 2 is 2.00 bits per heavy atom. The molecule has 0 heterocycles. The van der Waals surface area contributed by atoms with E-state index >= 15 is 0 Å². The van der Waals surface area contributed by atoms with Crippen LogP contribution in [0.15, 0.2) is 24.3 Å². The van der Waals surface area contributed by atoms with Crippen molar-refractivity contribution >= 4 is 0 Å². The molecule has 1 N–H and O–H groups in total. The highest BCUT2D eigenvalue weighted by atomic mass is 16.5. The molecule has 0 amide bonds. The first-order valence-corrected chi connectivity index (χ1v) is 7.21. The van der Waals surface area contributed by atoms with Crippen LogP contribution in [0.25, 0.3) is 0 Å². The van der Waals surface area contributed by atoms with Crippen molar-refractivity contribution in [3.8, 4) is 5.75 Å². The molecule has 1 aromatic rings. The van der Waals surface area contributed by atoms with Crippen molar-refractivity contribution in [2.24, 2.45) is 0 Å². The lowest BCUT2D eigenvalue weighted by molar-refractivity contribution is 0.132. The minimum atomic E-state index is 0.447. The smallest absolute Gasteiger partial charge is 0.122 e. The molecule has 108 valence electrons. The molecule has 1 unspecified atom stereocenters. The van der Waals surface area contributed by atoms with Crippen LogP contribution in [0.2, 0.25) is 0 Å². The average molecular weight is 265 g/mol. The Balaban J connectivity index is 2.21. The quantitative estimate of drug-likeness (QED) is 0.660. The van der Waals surface area contributed by atoms with Crippen molar-refractivity contribution < 1.29 is 9.47 Å². The molecule has 0 saturated heterocycles. The van der Waals surface area contributed by atoms with Gasteiger partial charge >= 0.3 is 0 Å². The lowest BCUT2D eigenvalue weighted by atomic mass is 10.1. The van der Waals surface area contributed by atoms with Gasteiger partial charge in [0.1, 0.15) is 5.75 Å². The van der Waals surface area contributed by atoms with E-state index in [0.717, 1.165) is 44.8 Å². The molecule has 0 aromatic heterocycles. The fourth-order valence-electron chi connectivity index (χ4n) is 2.04. The number of para-hydroxylation sites is 1. The van der Waals surface area contributed by atoms with E-state index in [-0.39, 0.29) is 0 Å². The number of hydrogen-bond acceptors (Lipinski definition) is 3. The van der Waals surface area contributed by atoms with Crippen molar-refractivity contribution in [2.75, 3.05) is 26.9 Å². The van der Waals surface area contributed by atoms with Crippen molar-refractivity contribution in [3.05, 3.63) is 29.8 Å². The molecule has 0 spiro atoms. The predicted molar refractivity (Wildman–Crippen MR) is 79.9 cm³/mol. The first kappa shape index (κ1) is 16.0. The van der Waals surface area contributed by atoms with Gasteiger partial charge in [0, 0.05) is 19.3 Å². The van der Waals surface area contributed by atoms with Gasteiger partial charge in [-0.25, -0.2) is 0 Å². The van der Waals surface area contributed by atoms with Crippen LogP contribution in [0.4, 0.5) is 0 Å². The fourth-order valence-corrected chi connectivity index (χ4v) is 2.04. The van der Waals surface area contributed by atoms with Gasteiger partial charge in [0.25, 0.3) is 0 Å². The van der Waals surface area contributed by atoms with Crippen LogP contribution < -0.4 is 10.1 Å². The van der Waals surface area contributed by atoms with Crippen molar-refractivity contribution in [2.45, 2.75) is 39.2 Å². The number of rotatable bonds is 10. The maximum Gasteiger partial charge on any atom is 0.122 e. The molecule has 3 heteroatoms. The summed E-state index contributed by atoms with van der Waals surface area (Å²) in [4.78, 5) is 0. The Kier molecular flexibility index (Phi) is 8.26. The van der Waals surface area contributed by atoms with E-state index < -0.39 is 0 Å². The molecule has 0 radical (unpaired) electrons. The van der Waals surface area contributed by atoms with Gasteiger partial charge in [-0.2, -0.15) is 0 Å². The van der Waals surface area contributed by atoms with Crippen molar-refractivity contribution in [1.29, 1.82) is 0 Å². The van der Waals surface area contributed by atoms with Crippen molar-refractivity contribution in [1.82, 2.24) is 5.32 Å². The Labute approximate surface area is 117 Å². The molecule has 19 heavy (non-hydrogen) atoms. The van der Waals surface area contributed by atoms with E-state index in [0.29, 0.717) is 6.04 Å². The fraction of sp³-hybridized carbons (Fsp3) is 0.625. The van der Waals surface area contributed by atoms with Crippen LogP contribution in [-0.4, -0.2) is 32.9 Å². The monoisotopic (exact) mass is 265 g/mol. The first-order valence-electron chi connectivity index (χ1n) is 7.21. The topological polar surface area (TPSA) is 30.5 Å². The zero-order valence-electron chi connectivity index (χ0n) is 12.4. The van der Waals surface area contributed by atoms with Gasteiger partial charge in [0.2, 0.25) is 0 Å². The molecule has 0 saturated carbocycles. The van der Waals surface area contributed by atoms with E-state index in [2.05, 4.69) is 31.3 Å². The van der Waals surface area contributed by atoms with Crippen LogP contribution in [0.3, 0.4) is 0 Å². The van der Waals surface area contributed by atoms with Gasteiger partial charge < -0.3 is 14.8 Å². The Bertz CT molecular complexity index is 341. The van der Waals surface area contributed by atoms with Crippen LogP contribution in [0.5, 0.6) is 5.75 Å². The summed E-state index contributed by atoms with van der Waals surface area (Å²) in [6, 6.07) is 8.65. The third-order valence-corrected chi connectivity index (χ3v) is 3.03. The number of methoxy groups -OCH3 is 1. The van der Waals surface area contributed by atoms with Crippen molar-refractivity contribution in [3.63, 3.8) is 0 Å². The zero-order chi connectivity index (χ0) is 13.9. The summed E-state index contributed by atoms with van der Waals surface area (Å²) in [7, 11) is 1.72. The molecule has 0 aliphatic rings. The third kappa shape index (κ3) is 6.60. The average Bonchev–Trinajstić information content (AvgIpc) is 2.43. The summed E-state index contributed by atoms with van der Waals surface area (Å²) in [5.41, 5.74) is 1.26. The second-order valence-corrected chi connectivity index (χ2v) is 4.84. The van der Waals surface area contributed by atoms with E-state index in [9.17, 15) is 0 Å². The van der Waals surface area contributed by atoms with E-state index in [1.807, 2.05) is 12.1 Å². The SMILES string of the molecule is CCCOCCCNC(C)Cc1ccccc1OC. The second-order valence-electron chi connectivity index (χ2n) is 4.84. The van der Waals surface area contributed by atoms with Gasteiger partial charge in [-0.05, 0) is 44.4 Å². The maximum absolute atomic E-state index is 5.46. The van der Waals surface area contributed by atoms with E-state index in [4.69, 9.17) is 9.47 Å². The normalized spacial score (nSPS) is 12.4. The minimum Gasteiger partial charge on any atom is -0.496 e. The molecular weight excluding hydrogens is 238 g/mol. The third-order valence-electron chi connectivity index (χ3n) is 3.03. The highest BCUT2D eigenvalue weighted by Gasteiger charge is 2.06. The Morgan fingerprint density at radius 1 is 1.21 bits per heavy atom. The molecule has 1 rings (SSSR count). The Hall–Kier alpha value is -1.06. The largest absolute Gasteiger partial charge is 0.496 e. The van der Waals surface area contributed by atoms with Gasteiger partial charge in [-0.15, -0.1) is 0 Å². The van der Waals surface area contributed by atoms with E-state index in [1.54, 1.807) is 7.11 Å². The lowest BCUT2D eigenvalue weighted by Crippen LogP contribution is -2.29. The number of benzene rings is 1. The van der Waals surface area contributed by atoms with Crippen LogP contribution in [0, 0.1) is 0 Å². The summed E-state index contributed by atoms with van der Waals surface area (Å²) in [5, 5.41) is 3.52. The molecule has 3 nitrogen and oxygen atoms in total. The number of nitrogens with one attached hydrogen (secondary N) is 1. The predicted octanol–water partition coefficient (Wildman–Crippen LogP) is 3.03. The summed E-state index contributed by atoms with van der Waals surface area (Å²) in [6.07, 6.45) is 3.15. The highest BCUT2D eigenvalue weighted by molar-refractivity contribution is 5.33. The second kappa shape index (κ2) is 9.82. The van der Waals surface area contributed by atoms with E-state index in [1.165, 1.54) is 5.56 Å². The van der Waals surface area contributed by atoms with Crippen LogP contribution in [0.1, 0.15) is 32.3 Å². The maximum atomic E-state index is 5.46. The number of hydrogen-bond donors (Lipinski definition) is 1. The van der Waals surface area contributed by atoms with Gasteiger partial charge in [-0.3, -0.25) is 0 Å². The van der Waals surface area contributed by atoms with Gasteiger partial charge in [-0.1, -0.05) is 25.1 Å². The Morgan fingerprint density at radius 3 is 2.74 bits per heavy atom. The molecular formula is C16H27NO2. The summed E-state index contributed by atoms with van der Waals surface area (Å²) in [6.45, 7) is 7.06. The van der Waals surface area contributed by atoms with Crippen LogP contribution in [-0.2, 0) is 11.2 Å². The first-order chi connectivity index (χ1) is 9.27. The molecule has 0 bridgehead atoms. The molecule has 0 fully saturated rings. The zero-order valence-corrected chi connectivity index (χ0v) is 12.4. The molecule has 0 aliphatic carbocycles. The molecule has 0 aliphatic heterocycles. The summed E-state index contributed by atoms with van der Waals surface area (Å²) < 4.78 is 10.8. The standard InChI is InChI=1S/C16H27NO2/c1-4-11-19-12-7-10-17-14(2)13-15-8-5-6-9-16(15)18-3/h5-6,8-9,14,17H,4,7,10-13H2,1-3H3. The molecule has 1 atom stereocenters. The summed E-state index contributed by atoms with van der Waals surface area (Å²) in [5.74, 6) is 0.974. The van der Waals surface area contributed by atoms with Gasteiger partial charge in [0.15, 0.2) is 0 Å². The summed E-state index contributed by atoms with van der Waals surface area (Å²) >= 11 is 0.